The van der Waals surface area contributed by atoms with Crippen LogP contribution in [0.1, 0.15) is 31.9 Å². The van der Waals surface area contributed by atoms with Crippen molar-refractivity contribution >= 4 is 53.3 Å². The Morgan fingerprint density at radius 3 is 2.21 bits per heavy atom. The number of halogens is 2. The molecule has 0 aliphatic heterocycles. The maximum Gasteiger partial charge on any atom is 0.319 e. The van der Waals surface area contributed by atoms with E-state index in [1.54, 1.807) is 0 Å². The number of amides is 2. The van der Waals surface area contributed by atoms with Gasteiger partial charge < -0.3 is 21.3 Å². The van der Waals surface area contributed by atoms with E-state index in [-0.39, 0.29) is 36.0 Å². The molecular weight excluding hydrogens is 501 g/mol. The highest BCUT2D eigenvalue weighted by Gasteiger charge is 2.03. The third-order valence-electron chi connectivity index (χ3n) is 3.77. The molecule has 0 radical (unpaired) electrons. The summed E-state index contributed by atoms with van der Waals surface area (Å²) in [6, 6.07) is 15.3. The molecule has 0 aliphatic carbocycles. The van der Waals surface area contributed by atoms with Crippen LogP contribution in [0.4, 0.5) is 10.5 Å². The quantitative estimate of drug-likeness (QED) is 0.238. The lowest BCUT2D eigenvalue weighted by Gasteiger charge is -2.12. The van der Waals surface area contributed by atoms with Crippen LogP contribution in [0, 0.1) is 0 Å². The monoisotopic (exact) mass is 529 g/mol. The van der Waals surface area contributed by atoms with Gasteiger partial charge in [-0.15, -0.1) is 24.0 Å². The number of carbonyl (C=O) groups is 1. The lowest BCUT2D eigenvalue weighted by atomic mass is 10.2. The predicted molar refractivity (Wildman–Crippen MR) is 132 cm³/mol. The first-order valence-electron chi connectivity index (χ1n) is 9.39. The molecule has 0 saturated heterocycles. The Bertz CT molecular complexity index is 779. The molecule has 0 fully saturated rings. The zero-order chi connectivity index (χ0) is 20.4. The Morgan fingerprint density at radius 1 is 1.00 bits per heavy atom. The van der Waals surface area contributed by atoms with E-state index < -0.39 is 0 Å². The van der Waals surface area contributed by atoms with Crippen LogP contribution in [-0.2, 0) is 13.1 Å². The number of carbonyl (C=O) groups excluding carboxylic acids is 1. The largest absolute Gasteiger partial charge is 0.357 e. The van der Waals surface area contributed by atoms with Crippen LogP contribution in [0.3, 0.4) is 0 Å². The molecule has 0 bridgehead atoms. The molecule has 0 aromatic heterocycles. The van der Waals surface area contributed by atoms with Gasteiger partial charge in [-0.2, -0.15) is 0 Å². The van der Waals surface area contributed by atoms with E-state index in [1.807, 2.05) is 69.3 Å². The Morgan fingerprint density at radius 2 is 1.62 bits per heavy atom. The Kier molecular flexibility index (Phi) is 11.5. The van der Waals surface area contributed by atoms with Gasteiger partial charge in [-0.05, 0) is 56.2 Å². The lowest BCUT2D eigenvalue weighted by molar-refractivity contribution is 0.250. The number of rotatable bonds is 7. The molecule has 158 valence electrons. The third-order valence-corrected chi connectivity index (χ3v) is 4.02. The first-order chi connectivity index (χ1) is 13.5. The number of nitrogens with one attached hydrogen (secondary N) is 4. The second kappa shape index (κ2) is 13.3. The third kappa shape index (κ3) is 9.85. The van der Waals surface area contributed by atoms with E-state index in [1.165, 1.54) is 0 Å². The molecule has 0 unspecified atom stereocenters. The van der Waals surface area contributed by atoms with Gasteiger partial charge in [0.25, 0.3) is 0 Å². The van der Waals surface area contributed by atoms with E-state index in [4.69, 9.17) is 11.6 Å². The number of hydrogen-bond donors (Lipinski definition) is 4. The molecule has 2 aromatic carbocycles. The lowest BCUT2D eigenvalue weighted by Crippen LogP contribution is -2.36. The second-order valence-electron chi connectivity index (χ2n) is 6.63. The van der Waals surface area contributed by atoms with E-state index in [9.17, 15) is 4.79 Å². The molecule has 0 saturated carbocycles. The molecule has 4 N–H and O–H groups in total. The number of anilines is 1. The molecule has 29 heavy (non-hydrogen) atoms. The van der Waals surface area contributed by atoms with Crippen molar-refractivity contribution in [3.8, 4) is 0 Å². The predicted octanol–water partition coefficient (Wildman–Crippen LogP) is 4.74. The minimum absolute atomic E-state index is 0. The van der Waals surface area contributed by atoms with Crippen molar-refractivity contribution in [2.24, 2.45) is 4.99 Å². The molecule has 2 amide bonds. The van der Waals surface area contributed by atoms with Crippen LogP contribution in [0.5, 0.6) is 0 Å². The molecule has 0 spiro atoms. The van der Waals surface area contributed by atoms with Crippen LogP contribution in [0.2, 0.25) is 5.02 Å². The van der Waals surface area contributed by atoms with Gasteiger partial charge in [-0.1, -0.05) is 35.9 Å². The summed E-state index contributed by atoms with van der Waals surface area (Å²) in [6.07, 6.45) is 0. The summed E-state index contributed by atoms with van der Waals surface area (Å²) in [5, 5.41) is 12.9. The number of hydrogen-bond acceptors (Lipinski definition) is 2. The number of aliphatic imine (C=N–C) groups is 1. The van der Waals surface area contributed by atoms with Crippen molar-refractivity contribution in [2.45, 2.75) is 39.9 Å². The molecular formula is C21H29ClIN5O. The van der Waals surface area contributed by atoms with Gasteiger partial charge in [0.2, 0.25) is 0 Å². The molecule has 8 heteroatoms. The number of guanidine groups is 1. The molecule has 0 aliphatic rings. The maximum atomic E-state index is 11.7. The summed E-state index contributed by atoms with van der Waals surface area (Å²) >= 11 is 5.92. The fraction of sp³-hybridized carbons (Fsp3) is 0.333. The Balaban J connectivity index is 0.00000420. The van der Waals surface area contributed by atoms with E-state index >= 15 is 0 Å². The van der Waals surface area contributed by atoms with Crippen molar-refractivity contribution in [3.05, 3.63) is 64.7 Å². The van der Waals surface area contributed by atoms with Gasteiger partial charge in [-0.25, -0.2) is 9.79 Å². The number of benzene rings is 2. The van der Waals surface area contributed by atoms with Gasteiger partial charge in [0.05, 0.1) is 6.54 Å². The highest BCUT2D eigenvalue weighted by Crippen LogP contribution is 2.11. The maximum absolute atomic E-state index is 11.7. The van der Waals surface area contributed by atoms with Crippen LogP contribution < -0.4 is 21.3 Å². The zero-order valence-electron chi connectivity index (χ0n) is 17.0. The second-order valence-corrected chi connectivity index (χ2v) is 7.06. The molecule has 2 rings (SSSR count). The van der Waals surface area contributed by atoms with Crippen LogP contribution >= 0.6 is 35.6 Å². The van der Waals surface area contributed by atoms with Crippen molar-refractivity contribution in [3.63, 3.8) is 0 Å². The Hall–Kier alpha value is -2.00. The molecule has 2 aromatic rings. The summed E-state index contributed by atoms with van der Waals surface area (Å²) < 4.78 is 0. The standard InChI is InChI=1S/C21H28ClN5O.HI/c1-4-23-20(24-13-16-5-9-18(22)10-6-16)25-14-17-7-11-19(12-8-17)27-21(28)26-15(2)3;/h5-12,15H,4,13-14H2,1-3H3,(H2,23,24,25)(H2,26,27,28);1H. The van der Waals surface area contributed by atoms with E-state index in [0.717, 1.165) is 34.3 Å². The van der Waals surface area contributed by atoms with Crippen LogP contribution in [0.25, 0.3) is 0 Å². The minimum Gasteiger partial charge on any atom is -0.357 e. The van der Waals surface area contributed by atoms with Gasteiger partial charge >= 0.3 is 6.03 Å². The minimum atomic E-state index is -0.207. The highest BCUT2D eigenvalue weighted by molar-refractivity contribution is 14.0. The summed E-state index contributed by atoms with van der Waals surface area (Å²) in [4.78, 5) is 16.3. The fourth-order valence-electron chi connectivity index (χ4n) is 2.42. The van der Waals surface area contributed by atoms with Gasteiger partial charge in [0, 0.05) is 29.8 Å². The van der Waals surface area contributed by atoms with Crippen LogP contribution in [0.15, 0.2) is 53.5 Å². The normalized spacial score (nSPS) is 10.9. The summed E-state index contributed by atoms with van der Waals surface area (Å²) in [5.41, 5.74) is 2.93. The van der Waals surface area contributed by atoms with Gasteiger partial charge in [0.15, 0.2) is 5.96 Å². The Labute approximate surface area is 194 Å². The van der Waals surface area contributed by atoms with Crippen molar-refractivity contribution in [2.75, 3.05) is 11.9 Å². The summed E-state index contributed by atoms with van der Waals surface area (Å²) in [6.45, 7) is 7.85. The first kappa shape index (κ1) is 25.0. The topological polar surface area (TPSA) is 77.5 Å². The SMILES string of the molecule is CCNC(=NCc1ccc(NC(=O)NC(C)C)cc1)NCc1ccc(Cl)cc1.I. The first-order valence-corrected chi connectivity index (χ1v) is 9.77. The summed E-state index contributed by atoms with van der Waals surface area (Å²) in [7, 11) is 0. The van der Waals surface area contributed by atoms with E-state index in [0.29, 0.717) is 13.1 Å². The van der Waals surface area contributed by atoms with Crippen LogP contribution in [-0.4, -0.2) is 24.6 Å². The van der Waals surface area contributed by atoms with E-state index in [2.05, 4.69) is 26.3 Å². The molecule has 0 atom stereocenters. The zero-order valence-corrected chi connectivity index (χ0v) is 20.0. The number of nitrogens with zero attached hydrogens (tertiary/aromatic N) is 1. The highest BCUT2D eigenvalue weighted by atomic mass is 127. The fourth-order valence-corrected chi connectivity index (χ4v) is 2.55. The van der Waals surface area contributed by atoms with Gasteiger partial charge in [0.1, 0.15) is 0 Å². The summed E-state index contributed by atoms with van der Waals surface area (Å²) in [5.74, 6) is 0.746. The van der Waals surface area contributed by atoms with Crippen molar-refractivity contribution in [1.29, 1.82) is 0 Å². The molecule has 6 nitrogen and oxygen atoms in total. The van der Waals surface area contributed by atoms with Crippen molar-refractivity contribution < 1.29 is 4.79 Å². The smallest absolute Gasteiger partial charge is 0.319 e. The number of urea groups is 1. The average Bonchev–Trinajstić information content (AvgIpc) is 2.66. The van der Waals surface area contributed by atoms with Crippen molar-refractivity contribution in [1.82, 2.24) is 16.0 Å². The average molecular weight is 530 g/mol. The van der Waals surface area contributed by atoms with Gasteiger partial charge in [-0.3, -0.25) is 0 Å². The molecule has 0 heterocycles.